The van der Waals surface area contributed by atoms with Crippen molar-refractivity contribution in [3.8, 4) is 6.01 Å². The van der Waals surface area contributed by atoms with Gasteiger partial charge in [-0.15, -0.1) is 0 Å². The fraction of sp³-hybridized carbons (Fsp3) is 0.308. The van der Waals surface area contributed by atoms with Crippen molar-refractivity contribution in [2.45, 2.75) is 13.8 Å². The first-order valence-corrected chi connectivity index (χ1v) is 6.46. The van der Waals surface area contributed by atoms with Crippen molar-refractivity contribution in [2.24, 2.45) is 5.84 Å². The zero-order valence-corrected chi connectivity index (χ0v) is 11.6. The summed E-state index contributed by atoms with van der Waals surface area (Å²) >= 11 is 0. The summed E-state index contributed by atoms with van der Waals surface area (Å²) in [5.74, 6) is 6.15. The maximum atomic E-state index is 5.39. The molecular weight excluding hydrogens is 256 g/mol. The van der Waals surface area contributed by atoms with Crippen LogP contribution in [-0.4, -0.2) is 28.1 Å². The summed E-state index contributed by atoms with van der Waals surface area (Å²) in [5.41, 5.74) is 3.42. The van der Waals surface area contributed by atoms with E-state index in [0.29, 0.717) is 19.1 Å². The smallest absolute Gasteiger partial charge is 0.323 e. The number of rotatable bonds is 6. The molecule has 0 aliphatic heterocycles. The molecule has 1 aromatic carbocycles. The maximum Gasteiger partial charge on any atom is 0.323 e. The van der Waals surface area contributed by atoms with E-state index < -0.39 is 0 Å². The number of anilines is 3. The van der Waals surface area contributed by atoms with Crippen LogP contribution in [0.25, 0.3) is 0 Å². The molecule has 20 heavy (non-hydrogen) atoms. The van der Waals surface area contributed by atoms with E-state index in [-0.39, 0.29) is 12.0 Å². The van der Waals surface area contributed by atoms with Crippen LogP contribution in [-0.2, 0) is 0 Å². The van der Waals surface area contributed by atoms with Crippen LogP contribution in [0, 0.1) is 0 Å². The fourth-order valence-corrected chi connectivity index (χ4v) is 1.77. The van der Waals surface area contributed by atoms with Crippen LogP contribution >= 0.6 is 0 Å². The molecule has 7 nitrogen and oxygen atoms in total. The number of aromatic nitrogens is 3. The molecule has 0 amide bonds. The van der Waals surface area contributed by atoms with Crippen LogP contribution in [0.2, 0.25) is 0 Å². The zero-order valence-electron chi connectivity index (χ0n) is 11.6. The highest BCUT2D eigenvalue weighted by Gasteiger charge is 2.14. The topological polar surface area (TPSA) is 89.2 Å². The number of hydrogen-bond donors (Lipinski definition) is 2. The summed E-state index contributed by atoms with van der Waals surface area (Å²) in [6.45, 7) is 5.08. The predicted octanol–water partition coefficient (Wildman–Crippen LogP) is 1.71. The Bertz CT molecular complexity index is 548. The van der Waals surface area contributed by atoms with Crippen LogP contribution in [0.3, 0.4) is 0 Å². The van der Waals surface area contributed by atoms with Gasteiger partial charge >= 0.3 is 6.01 Å². The quantitative estimate of drug-likeness (QED) is 0.612. The highest BCUT2D eigenvalue weighted by atomic mass is 16.5. The van der Waals surface area contributed by atoms with Crippen molar-refractivity contribution in [3.63, 3.8) is 0 Å². The molecule has 2 aromatic rings. The fourth-order valence-electron chi connectivity index (χ4n) is 1.77. The minimum Gasteiger partial charge on any atom is -0.464 e. The predicted molar refractivity (Wildman–Crippen MR) is 77.9 cm³/mol. The molecule has 0 fully saturated rings. The van der Waals surface area contributed by atoms with Crippen LogP contribution in [0.1, 0.15) is 13.8 Å². The van der Waals surface area contributed by atoms with Gasteiger partial charge in [-0.3, -0.25) is 5.43 Å². The van der Waals surface area contributed by atoms with Gasteiger partial charge in [0.25, 0.3) is 0 Å². The Balaban J connectivity index is 2.40. The summed E-state index contributed by atoms with van der Waals surface area (Å²) in [4.78, 5) is 14.6. The normalized spacial score (nSPS) is 10.2. The van der Waals surface area contributed by atoms with Gasteiger partial charge in [0.15, 0.2) is 0 Å². The van der Waals surface area contributed by atoms with Crippen LogP contribution < -0.4 is 20.9 Å². The largest absolute Gasteiger partial charge is 0.464 e. The van der Waals surface area contributed by atoms with Gasteiger partial charge in [0.1, 0.15) is 0 Å². The molecular formula is C13H18N6O. The van der Waals surface area contributed by atoms with E-state index in [0.717, 1.165) is 5.69 Å². The number of nitrogens with one attached hydrogen (secondary N) is 1. The number of nitrogens with zero attached hydrogens (tertiary/aromatic N) is 4. The molecule has 0 bridgehead atoms. The number of hydrazine groups is 1. The van der Waals surface area contributed by atoms with Crippen LogP contribution in [0.15, 0.2) is 30.3 Å². The molecule has 0 saturated carbocycles. The lowest BCUT2D eigenvalue weighted by Crippen LogP contribution is -2.21. The van der Waals surface area contributed by atoms with E-state index in [1.807, 2.05) is 49.1 Å². The summed E-state index contributed by atoms with van der Waals surface area (Å²) in [6.07, 6.45) is 0. The van der Waals surface area contributed by atoms with E-state index in [9.17, 15) is 0 Å². The van der Waals surface area contributed by atoms with Gasteiger partial charge < -0.3 is 9.64 Å². The molecule has 0 atom stereocenters. The molecule has 0 radical (unpaired) electrons. The Morgan fingerprint density at radius 2 is 1.90 bits per heavy atom. The first kappa shape index (κ1) is 14.0. The van der Waals surface area contributed by atoms with Gasteiger partial charge in [-0.25, -0.2) is 5.84 Å². The lowest BCUT2D eigenvalue weighted by Gasteiger charge is -2.21. The number of benzene rings is 1. The molecule has 1 heterocycles. The zero-order chi connectivity index (χ0) is 14.4. The molecule has 1 aromatic heterocycles. The van der Waals surface area contributed by atoms with E-state index in [1.165, 1.54) is 0 Å². The third kappa shape index (κ3) is 3.12. The third-order valence-electron chi connectivity index (χ3n) is 2.63. The van der Waals surface area contributed by atoms with Crippen molar-refractivity contribution in [1.29, 1.82) is 0 Å². The first-order valence-electron chi connectivity index (χ1n) is 6.46. The molecule has 0 spiro atoms. The van der Waals surface area contributed by atoms with Crippen molar-refractivity contribution in [2.75, 3.05) is 23.5 Å². The molecule has 0 saturated heterocycles. The Morgan fingerprint density at radius 3 is 2.50 bits per heavy atom. The minimum absolute atomic E-state index is 0.250. The molecule has 0 aliphatic rings. The monoisotopic (exact) mass is 274 g/mol. The van der Waals surface area contributed by atoms with Gasteiger partial charge in [0, 0.05) is 12.2 Å². The van der Waals surface area contributed by atoms with Gasteiger partial charge in [0.05, 0.1) is 6.61 Å². The number of nitrogens with two attached hydrogens (primary N) is 1. The Morgan fingerprint density at radius 1 is 1.15 bits per heavy atom. The molecule has 106 valence electrons. The van der Waals surface area contributed by atoms with Gasteiger partial charge in [-0.1, -0.05) is 18.2 Å². The van der Waals surface area contributed by atoms with Gasteiger partial charge in [-0.2, -0.15) is 15.0 Å². The Kier molecular flexibility index (Phi) is 4.67. The molecule has 0 unspecified atom stereocenters. The Hall–Kier alpha value is -2.41. The number of ether oxygens (including phenoxy) is 1. The maximum absolute atomic E-state index is 5.39. The standard InChI is InChI=1S/C13H18N6O/c1-3-19(10-8-6-5-7-9-10)12-15-11(18-14)16-13(17-12)20-4-2/h5-9H,3-4,14H2,1-2H3,(H,15,16,17,18). The van der Waals surface area contributed by atoms with Crippen molar-refractivity contribution in [1.82, 2.24) is 15.0 Å². The van der Waals surface area contributed by atoms with Gasteiger partial charge in [0.2, 0.25) is 11.9 Å². The summed E-state index contributed by atoms with van der Waals surface area (Å²) in [6, 6.07) is 10.1. The minimum atomic E-state index is 0.250. The second-order valence-corrected chi connectivity index (χ2v) is 3.90. The second kappa shape index (κ2) is 6.67. The molecule has 3 N–H and O–H groups in total. The molecule has 7 heteroatoms. The van der Waals surface area contributed by atoms with E-state index in [2.05, 4.69) is 20.4 Å². The van der Waals surface area contributed by atoms with E-state index in [4.69, 9.17) is 10.6 Å². The first-order chi connectivity index (χ1) is 9.78. The second-order valence-electron chi connectivity index (χ2n) is 3.90. The highest BCUT2D eigenvalue weighted by Crippen LogP contribution is 2.23. The lowest BCUT2D eigenvalue weighted by molar-refractivity contribution is 0.312. The van der Waals surface area contributed by atoms with Crippen molar-refractivity contribution in [3.05, 3.63) is 30.3 Å². The van der Waals surface area contributed by atoms with E-state index >= 15 is 0 Å². The average Bonchev–Trinajstić information content (AvgIpc) is 2.49. The highest BCUT2D eigenvalue weighted by molar-refractivity contribution is 5.57. The van der Waals surface area contributed by atoms with Gasteiger partial charge in [-0.05, 0) is 26.0 Å². The number of nitrogen functional groups attached to an aromatic ring is 1. The van der Waals surface area contributed by atoms with Crippen molar-refractivity contribution >= 4 is 17.6 Å². The average molecular weight is 274 g/mol. The number of hydrogen-bond acceptors (Lipinski definition) is 7. The molecule has 2 rings (SSSR count). The Labute approximate surface area is 117 Å². The molecule has 0 aliphatic carbocycles. The van der Waals surface area contributed by atoms with E-state index in [1.54, 1.807) is 0 Å². The van der Waals surface area contributed by atoms with Crippen LogP contribution in [0.4, 0.5) is 17.6 Å². The summed E-state index contributed by atoms with van der Waals surface area (Å²) < 4.78 is 5.34. The third-order valence-corrected chi connectivity index (χ3v) is 2.63. The number of para-hydroxylation sites is 1. The summed E-state index contributed by atoms with van der Waals surface area (Å²) in [7, 11) is 0. The SMILES string of the molecule is CCOc1nc(NN)nc(N(CC)c2ccccc2)n1. The van der Waals surface area contributed by atoms with Crippen molar-refractivity contribution < 1.29 is 4.74 Å². The summed E-state index contributed by atoms with van der Waals surface area (Å²) in [5, 5.41) is 0. The van der Waals surface area contributed by atoms with Crippen LogP contribution in [0.5, 0.6) is 6.01 Å². The lowest BCUT2D eigenvalue weighted by atomic mass is 10.3.